The molecule has 0 atom stereocenters. The highest BCUT2D eigenvalue weighted by atomic mass is 15.3. The Morgan fingerprint density at radius 1 is 1.11 bits per heavy atom. The molecule has 0 spiro atoms. The molecule has 0 radical (unpaired) electrons. The normalized spacial score (nSPS) is 18.4. The van der Waals surface area contributed by atoms with E-state index >= 15 is 0 Å². The molecular formula is C15H32N4. The molecule has 0 aliphatic heterocycles. The van der Waals surface area contributed by atoms with Gasteiger partial charge in [-0.2, -0.15) is 0 Å². The third kappa shape index (κ3) is 5.81. The molecule has 0 aromatic rings. The molecule has 1 aliphatic carbocycles. The lowest BCUT2D eigenvalue weighted by Crippen LogP contribution is -2.47. The SMILES string of the molecule is CC(C)C(CN=C(NN)NC1CCCCC1)C(C)C. The molecule has 0 heterocycles. The van der Waals surface area contributed by atoms with Gasteiger partial charge in [0.25, 0.3) is 0 Å². The predicted molar refractivity (Wildman–Crippen MR) is 82.8 cm³/mol. The van der Waals surface area contributed by atoms with Crippen molar-refractivity contribution in [3.8, 4) is 0 Å². The molecule has 19 heavy (non-hydrogen) atoms. The maximum atomic E-state index is 5.59. The zero-order chi connectivity index (χ0) is 14.3. The minimum Gasteiger partial charge on any atom is -0.353 e. The smallest absolute Gasteiger partial charge is 0.205 e. The van der Waals surface area contributed by atoms with E-state index in [1.165, 1.54) is 32.1 Å². The van der Waals surface area contributed by atoms with E-state index in [4.69, 9.17) is 5.84 Å². The summed E-state index contributed by atoms with van der Waals surface area (Å²) in [5.41, 5.74) is 2.72. The van der Waals surface area contributed by atoms with E-state index in [1.807, 2.05) is 0 Å². The Morgan fingerprint density at radius 2 is 1.68 bits per heavy atom. The third-order valence-electron chi connectivity index (χ3n) is 4.26. The van der Waals surface area contributed by atoms with Crippen molar-refractivity contribution in [2.24, 2.45) is 28.6 Å². The molecule has 1 fully saturated rings. The molecule has 0 amide bonds. The summed E-state index contributed by atoms with van der Waals surface area (Å²) in [6.07, 6.45) is 6.47. The molecule has 0 saturated heterocycles. The van der Waals surface area contributed by atoms with Gasteiger partial charge in [0.05, 0.1) is 0 Å². The number of nitrogens with zero attached hydrogens (tertiary/aromatic N) is 1. The number of aliphatic imine (C=N–C) groups is 1. The summed E-state index contributed by atoms with van der Waals surface area (Å²) < 4.78 is 0. The van der Waals surface area contributed by atoms with Gasteiger partial charge >= 0.3 is 0 Å². The van der Waals surface area contributed by atoms with E-state index in [-0.39, 0.29) is 0 Å². The quantitative estimate of drug-likeness (QED) is 0.311. The second-order valence-corrected chi connectivity index (χ2v) is 6.46. The highest BCUT2D eigenvalue weighted by Gasteiger charge is 2.18. The fourth-order valence-corrected chi connectivity index (χ4v) is 2.96. The summed E-state index contributed by atoms with van der Waals surface area (Å²) in [5, 5.41) is 3.45. The first-order chi connectivity index (χ1) is 9.04. The fourth-order valence-electron chi connectivity index (χ4n) is 2.96. The van der Waals surface area contributed by atoms with Gasteiger partial charge in [-0.25, -0.2) is 5.84 Å². The summed E-state index contributed by atoms with van der Waals surface area (Å²) in [6.45, 7) is 9.91. The summed E-state index contributed by atoms with van der Waals surface area (Å²) >= 11 is 0. The van der Waals surface area contributed by atoms with Crippen molar-refractivity contribution in [2.75, 3.05) is 6.54 Å². The van der Waals surface area contributed by atoms with Gasteiger partial charge in [-0.3, -0.25) is 10.4 Å². The van der Waals surface area contributed by atoms with Crippen molar-refractivity contribution in [3.05, 3.63) is 0 Å². The zero-order valence-electron chi connectivity index (χ0n) is 13.1. The molecule has 0 bridgehead atoms. The number of guanidine groups is 1. The van der Waals surface area contributed by atoms with E-state index in [0.717, 1.165) is 12.5 Å². The largest absolute Gasteiger partial charge is 0.353 e. The Labute approximate surface area is 118 Å². The van der Waals surface area contributed by atoms with Crippen molar-refractivity contribution in [3.63, 3.8) is 0 Å². The van der Waals surface area contributed by atoms with Crippen LogP contribution in [0.5, 0.6) is 0 Å². The molecule has 112 valence electrons. The number of hydrazine groups is 1. The summed E-state index contributed by atoms with van der Waals surface area (Å²) in [4.78, 5) is 4.65. The van der Waals surface area contributed by atoms with Crippen LogP contribution in [0.1, 0.15) is 59.8 Å². The zero-order valence-corrected chi connectivity index (χ0v) is 13.1. The van der Waals surface area contributed by atoms with Crippen LogP contribution in [0.4, 0.5) is 0 Å². The number of nitrogens with one attached hydrogen (secondary N) is 2. The Morgan fingerprint density at radius 3 is 2.16 bits per heavy atom. The van der Waals surface area contributed by atoms with Crippen molar-refractivity contribution < 1.29 is 0 Å². The van der Waals surface area contributed by atoms with E-state index < -0.39 is 0 Å². The van der Waals surface area contributed by atoms with Crippen LogP contribution in [0.15, 0.2) is 4.99 Å². The fraction of sp³-hybridized carbons (Fsp3) is 0.933. The average molecular weight is 268 g/mol. The van der Waals surface area contributed by atoms with Crippen LogP contribution in [0, 0.1) is 17.8 Å². The monoisotopic (exact) mass is 268 g/mol. The lowest BCUT2D eigenvalue weighted by molar-refractivity contribution is 0.297. The van der Waals surface area contributed by atoms with Crippen LogP contribution in [0.3, 0.4) is 0 Å². The van der Waals surface area contributed by atoms with Crippen LogP contribution in [0.2, 0.25) is 0 Å². The van der Waals surface area contributed by atoms with Crippen LogP contribution in [-0.2, 0) is 0 Å². The second kappa shape index (κ2) is 8.41. The van der Waals surface area contributed by atoms with Crippen molar-refractivity contribution in [1.82, 2.24) is 10.7 Å². The van der Waals surface area contributed by atoms with Gasteiger partial charge in [-0.05, 0) is 30.6 Å². The van der Waals surface area contributed by atoms with E-state index in [2.05, 4.69) is 43.4 Å². The van der Waals surface area contributed by atoms with Gasteiger partial charge in [0.15, 0.2) is 0 Å². The molecule has 1 aliphatic rings. The highest BCUT2D eigenvalue weighted by molar-refractivity contribution is 5.79. The first-order valence-corrected chi connectivity index (χ1v) is 7.82. The number of hydrogen-bond acceptors (Lipinski definition) is 2. The van der Waals surface area contributed by atoms with Gasteiger partial charge in [-0.15, -0.1) is 0 Å². The lowest BCUT2D eigenvalue weighted by Gasteiger charge is -2.26. The van der Waals surface area contributed by atoms with Gasteiger partial charge in [0, 0.05) is 12.6 Å². The van der Waals surface area contributed by atoms with Gasteiger partial charge in [0.2, 0.25) is 5.96 Å². The summed E-state index contributed by atoms with van der Waals surface area (Å²) in [7, 11) is 0. The van der Waals surface area contributed by atoms with Crippen LogP contribution >= 0.6 is 0 Å². The molecule has 0 unspecified atom stereocenters. The average Bonchev–Trinajstić information content (AvgIpc) is 2.38. The van der Waals surface area contributed by atoms with E-state index in [1.54, 1.807) is 0 Å². The van der Waals surface area contributed by atoms with Crippen LogP contribution in [-0.4, -0.2) is 18.5 Å². The molecule has 0 aromatic carbocycles. The molecule has 1 rings (SSSR count). The molecule has 4 N–H and O–H groups in total. The minimum absolute atomic E-state index is 0.542. The van der Waals surface area contributed by atoms with Crippen LogP contribution < -0.4 is 16.6 Å². The van der Waals surface area contributed by atoms with Gasteiger partial charge < -0.3 is 5.32 Å². The third-order valence-corrected chi connectivity index (χ3v) is 4.26. The number of rotatable bonds is 5. The summed E-state index contributed by atoms with van der Waals surface area (Å²) in [6, 6.07) is 0.542. The Kier molecular flexibility index (Phi) is 7.21. The minimum atomic E-state index is 0.542. The Hall–Kier alpha value is -0.770. The number of nitrogens with two attached hydrogens (primary N) is 1. The number of hydrogen-bond donors (Lipinski definition) is 3. The summed E-state index contributed by atoms with van der Waals surface area (Å²) in [5.74, 6) is 8.26. The maximum Gasteiger partial charge on any atom is 0.205 e. The first kappa shape index (κ1) is 16.3. The van der Waals surface area contributed by atoms with E-state index in [9.17, 15) is 0 Å². The Bertz CT molecular complexity index is 259. The van der Waals surface area contributed by atoms with Crippen LogP contribution in [0.25, 0.3) is 0 Å². The molecule has 4 heteroatoms. The van der Waals surface area contributed by atoms with Crippen molar-refractivity contribution >= 4 is 5.96 Å². The molecule has 0 aromatic heterocycles. The molecule has 4 nitrogen and oxygen atoms in total. The maximum absolute atomic E-state index is 5.59. The van der Waals surface area contributed by atoms with Crippen molar-refractivity contribution in [2.45, 2.75) is 65.8 Å². The predicted octanol–water partition coefficient (Wildman–Crippen LogP) is 2.66. The highest BCUT2D eigenvalue weighted by Crippen LogP contribution is 2.21. The standard InChI is InChI=1S/C15H32N4/c1-11(2)14(12(3)4)10-17-15(19-16)18-13-8-6-5-7-9-13/h11-14H,5-10,16H2,1-4H3,(H2,17,18,19). The first-order valence-electron chi connectivity index (χ1n) is 7.82. The lowest BCUT2D eigenvalue weighted by atomic mass is 9.86. The Balaban J connectivity index is 2.50. The topological polar surface area (TPSA) is 62.4 Å². The van der Waals surface area contributed by atoms with Gasteiger partial charge in [0.1, 0.15) is 0 Å². The second-order valence-electron chi connectivity index (χ2n) is 6.46. The van der Waals surface area contributed by atoms with Crippen molar-refractivity contribution in [1.29, 1.82) is 0 Å². The van der Waals surface area contributed by atoms with Gasteiger partial charge in [-0.1, -0.05) is 47.0 Å². The molecule has 1 saturated carbocycles. The van der Waals surface area contributed by atoms with E-state index in [0.29, 0.717) is 23.8 Å². The molecular weight excluding hydrogens is 236 g/mol.